The van der Waals surface area contributed by atoms with Crippen LogP contribution in [-0.2, 0) is 6.42 Å². The van der Waals surface area contributed by atoms with Crippen LogP contribution in [0, 0.1) is 0 Å². The van der Waals surface area contributed by atoms with Gasteiger partial charge in [-0.3, -0.25) is 4.98 Å². The van der Waals surface area contributed by atoms with Crippen molar-refractivity contribution < 1.29 is 0 Å². The van der Waals surface area contributed by atoms with Gasteiger partial charge in [-0.2, -0.15) is 0 Å². The largest absolute Gasteiger partial charge is 0.327 e. The molecule has 0 fully saturated rings. The highest BCUT2D eigenvalue weighted by Gasteiger charge is 2.02. The highest BCUT2D eigenvalue weighted by atomic mass is 14.7. The van der Waals surface area contributed by atoms with Gasteiger partial charge in [-0.05, 0) is 30.5 Å². The first-order valence-corrected chi connectivity index (χ1v) is 6.05. The molecule has 2 N–H and O–H groups in total. The molecule has 1 atom stereocenters. The van der Waals surface area contributed by atoms with Gasteiger partial charge in [0.25, 0.3) is 0 Å². The fourth-order valence-electron chi connectivity index (χ4n) is 1.79. The van der Waals surface area contributed by atoms with Crippen LogP contribution in [0.3, 0.4) is 0 Å². The van der Waals surface area contributed by atoms with Crippen LogP contribution in [0.2, 0.25) is 0 Å². The van der Waals surface area contributed by atoms with E-state index in [2.05, 4.69) is 36.2 Å². The van der Waals surface area contributed by atoms with Crippen molar-refractivity contribution >= 4 is 0 Å². The summed E-state index contributed by atoms with van der Waals surface area (Å²) < 4.78 is 0. The maximum Gasteiger partial charge on any atom is 0.0701 e. The molecule has 0 aliphatic heterocycles. The summed E-state index contributed by atoms with van der Waals surface area (Å²) in [5.74, 6) is 0. The van der Waals surface area contributed by atoms with Gasteiger partial charge in [0.05, 0.1) is 5.69 Å². The lowest BCUT2D eigenvalue weighted by Crippen LogP contribution is -2.21. The third-order valence-corrected chi connectivity index (χ3v) is 2.94. The van der Waals surface area contributed by atoms with E-state index in [9.17, 15) is 0 Å². The second-order valence-corrected chi connectivity index (χ2v) is 4.28. The number of rotatable bonds is 4. The Labute approximate surface area is 103 Å². The highest BCUT2D eigenvalue weighted by molar-refractivity contribution is 5.58. The van der Waals surface area contributed by atoms with Crippen LogP contribution >= 0.6 is 0 Å². The Morgan fingerprint density at radius 3 is 2.47 bits per heavy atom. The molecule has 2 heteroatoms. The van der Waals surface area contributed by atoms with Gasteiger partial charge in [-0.15, -0.1) is 0 Å². The summed E-state index contributed by atoms with van der Waals surface area (Å²) in [5, 5.41) is 0. The van der Waals surface area contributed by atoms with Gasteiger partial charge in [0.1, 0.15) is 0 Å². The van der Waals surface area contributed by atoms with Crippen molar-refractivity contribution in [2.24, 2.45) is 5.73 Å². The zero-order valence-corrected chi connectivity index (χ0v) is 10.1. The second kappa shape index (κ2) is 5.60. The first-order valence-electron chi connectivity index (χ1n) is 6.05. The molecule has 0 spiro atoms. The molecule has 0 saturated carbocycles. The molecular formula is C15H18N2. The Morgan fingerprint density at radius 2 is 1.88 bits per heavy atom. The van der Waals surface area contributed by atoms with Crippen molar-refractivity contribution in [3.8, 4) is 11.3 Å². The van der Waals surface area contributed by atoms with Gasteiger partial charge in [0.2, 0.25) is 0 Å². The first-order chi connectivity index (χ1) is 8.29. The predicted molar refractivity (Wildman–Crippen MR) is 71.6 cm³/mol. The topological polar surface area (TPSA) is 38.9 Å². The molecule has 0 bridgehead atoms. The molecule has 2 aromatic rings. The number of hydrogen-bond acceptors (Lipinski definition) is 2. The lowest BCUT2D eigenvalue weighted by Gasteiger charge is -2.09. The Bertz CT molecular complexity index is 448. The van der Waals surface area contributed by atoms with Crippen LogP contribution in [0.15, 0.2) is 48.7 Å². The monoisotopic (exact) mass is 226 g/mol. The molecule has 0 aliphatic carbocycles. The van der Waals surface area contributed by atoms with Crippen LogP contribution in [0.1, 0.15) is 18.9 Å². The third kappa shape index (κ3) is 3.14. The lowest BCUT2D eigenvalue weighted by atomic mass is 10.0. The molecule has 1 heterocycles. The molecular weight excluding hydrogens is 208 g/mol. The minimum Gasteiger partial charge on any atom is -0.327 e. The number of aromatic nitrogens is 1. The predicted octanol–water partition coefficient (Wildman–Crippen LogP) is 3.03. The highest BCUT2D eigenvalue weighted by Crippen LogP contribution is 2.17. The van der Waals surface area contributed by atoms with E-state index >= 15 is 0 Å². The standard InChI is InChI=1S/C15H18N2/c1-2-14(16)11-12-6-8-13(9-7-12)15-5-3-4-10-17-15/h3-10,14H,2,11,16H2,1H3. The van der Waals surface area contributed by atoms with Gasteiger partial charge in [-0.1, -0.05) is 37.3 Å². The van der Waals surface area contributed by atoms with E-state index in [1.807, 2.05) is 24.4 Å². The SMILES string of the molecule is CCC(N)Cc1ccc(-c2ccccn2)cc1. The van der Waals surface area contributed by atoms with E-state index in [4.69, 9.17) is 5.73 Å². The maximum absolute atomic E-state index is 5.94. The van der Waals surface area contributed by atoms with Crippen LogP contribution in [0.4, 0.5) is 0 Å². The number of pyridine rings is 1. The van der Waals surface area contributed by atoms with E-state index in [-0.39, 0.29) is 6.04 Å². The Hall–Kier alpha value is -1.67. The van der Waals surface area contributed by atoms with Crippen molar-refractivity contribution in [1.29, 1.82) is 0 Å². The minimum absolute atomic E-state index is 0.260. The van der Waals surface area contributed by atoms with Crippen LogP contribution < -0.4 is 5.73 Å². The smallest absolute Gasteiger partial charge is 0.0701 e. The fraction of sp³-hybridized carbons (Fsp3) is 0.267. The summed E-state index contributed by atoms with van der Waals surface area (Å²) in [6.07, 6.45) is 3.78. The molecule has 1 aromatic heterocycles. The molecule has 0 saturated heterocycles. The molecule has 1 aromatic carbocycles. The number of nitrogens with zero attached hydrogens (tertiary/aromatic N) is 1. The van der Waals surface area contributed by atoms with E-state index in [1.54, 1.807) is 0 Å². The van der Waals surface area contributed by atoms with Gasteiger partial charge >= 0.3 is 0 Å². The molecule has 17 heavy (non-hydrogen) atoms. The minimum atomic E-state index is 0.260. The first kappa shape index (κ1) is 11.8. The number of hydrogen-bond donors (Lipinski definition) is 1. The average molecular weight is 226 g/mol. The third-order valence-electron chi connectivity index (χ3n) is 2.94. The number of benzene rings is 1. The van der Waals surface area contributed by atoms with Crippen LogP contribution in [0.25, 0.3) is 11.3 Å². The van der Waals surface area contributed by atoms with Gasteiger partial charge in [0.15, 0.2) is 0 Å². The molecule has 2 rings (SSSR count). The summed E-state index contributed by atoms with van der Waals surface area (Å²) >= 11 is 0. The molecule has 2 nitrogen and oxygen atoms in total. The summed E-state index contributed by atoms with van der Waals surface area (Å²) in [5.41, 5.74) is 9.40. The van der Waals surface area contributed by atoms with E-state index in [1.165, 1.54) is 5.56 Å². The Kier molecular flexibility index (Phi) is 3.89. The van der Waals surface area contributed by atoms with Crippen molar-refractivity contribution in [2.45, 2.75) is 25.8 Å². The number of nitrogens with two attached hydrogens (primary N) is 1. The van der Waals surface area contributed by atoms with Crippen LogP contribution in [-0.4, -0.2) is 11.0 Å². The average Bonchev–Trinajstić information content (AvgIpc) is 2.40. The van der Waals surface area contributed by atoms with Crippen molar-refractivity contribution in [1.82, 2.24) is 4.98 Å². The van der Waals surface area contributed by atoms with E-state index in [0.717, 1.165) is 24.1 Å². The summed E-state index contributed by atoms with van der Waals surface area (Å²) in [4.78, 5) is 4.33. The van der Waals surface area contributed by atoms with Gasteiger partial charge in [0, 0.05) is 17.8 Å². The quantitative estimate of drug-likeness (QED) is 0.870. The lowest BCUT2D eigenvalue weighted by molar-refractivity contribution is 0.646. The Balaban J connectivity index is 2.13. The molecule has 1 unspecified atom stereocenters. The summed E-state index contributed by atoms with van der Waals surface area (Å²) in [7, 11) is 0. The zero-order chi connectivity index (χ0) is 12.1. The second-order valence-electron chi connectivity index (χ2n) is 4.28. The van der Waals surface area contributed by atoms with Crippen molar-refractivity contribution in [3.63, 3.8) is 0 Å². The van der Waals surface area contributed by atoms with E-state index in [0.29, 0.717) is 0 Å². The maximum atomic E-state index is 5.94. The van der Waals surface area contributed by atoms with Crippen molar-refractivity contribution in [3.05, 3.63) is 54.2 Å². The molecule has 0 radical (unpaired) electrons. The molecule has 88 valence electrons. The zero-order valence-electron chi connectivity index (χ0n) is 10.1. The summed E-state index contributed by atoms with van der Waals surface area (Å²) in [6.45, 7) is 2.12. The van der Waals surface area contributed by atoms with Gasteiger partial charge in [-0.25, -0.2) is 0 Å². The molecule has 0 aliphatic rings. The normalized spacial score (nSPS) is 12.4. The van der Waals surface area contributed by atoms with Crippen molar-refractivity contribution in [2.75, 3.05) is 0 Å². The molecule has 0 amide bonds. The fourth-order valence-corrected chi connectivity index (χ4v) is 1.79. The van der Waals surface area contributed by atoms with Crippen LogP contribution in [0.5, 0.6) is 0 Å². The Morgan fingerprint density at radius 1 is 1.12 bits per heavy atom. The van der Waals surface area contributed by atoms with Gasteiger partial charge < -0.3 is 5.73 Å². The van der Waals surface area contributed by atoms with E-state index < -0.39 is 0 Å². The summed E-state index contributed by atoms with van der Waals surface area (Å²) in [6, 6.07) is 14.7.